The molecule has 0 saturated carbocycles. The van der Waals surface area contributed by atoms with Gasteiger partial charge in [0.1, 0.15) is 5.84 Å². The zero-order valence-corrected chi connectivity index (χ0v) is 7.75. The lowest BCUT2D eigenvalue weighted by Crippen LogP contribution is -2.20. The first-order valence-electron chi connectivity index (χ1n) is 4.53. The molecule has 0 radical (unpaired) electrons. The highest BCUT2D eigenvalue weighted by Gasteiger charge is 2.05. The summed E-state index contributed by atoms with van der Waals surface area (Å²) in [5.74, 6) is 1.09. The molecule has 3 nitrogen and oxygen atoms in total. The lowest BCUT2D eigenvalue weighted by molar-refractivity contribution is 0.952. The molecule has 1 aliphatic heterocycles. The molecule has 68 valence electrons. The first kappa shape index (κ1) is 8.23. The number of amidine groups is 1. The second kappa shape index (κ2) is 3.56. The van der Waals surface area contributed by atoms with Crippen LogP contribution in [0.15, 0.2) is 23.3 Å². The largest absolute Gasteiger partial charge is 0.372 e. The fourth-order valence-corrected chi connectivity index (χ4v) is 1.36. The Bertz CT molecular complexity index is 313. The van der Waals surface area contributed by atoms with Crippen LogP contribution >= 0.6 is 0 Å². The Hall–Kier alpha value is -1.38. The highest BCUT2D eigenvalue weighted by molar-refractivity contribution is 5.85. The minimum Gasteiger partial charge on any atom is -0.372 e. The minimum absolute atomic E-state index is 0.882. The molecule has 2 heterocycles. The molecule has 1 aliphatic rings. The Kier molecular flexibility index (Phi) is 2.25. The SMILES string of the molecule is Cc1ccc(CC2=NCCN2)cn1. The second-order valence-corrected chi connectivity index (χ2v) is 3.24. The van der Waals surface area contributed by atoms with Gasteiger partial charge >= 0.3 is 0 Å². The van der Waals surface area contributed by atoms with Crippen LogP contribution in [0.3, 0.4) is 0 Å². The standard InChI is InChI=1S/C10H13N3/c1-8-2-3-9(7-13-8)6-10-11-4-5-12-10/h2-3,7H,4-6H2,1H3,(H,11,12). The maximum Gasteiger partial charge on any atom is 0.101 e. The third-order valence-corrected chi connectivity index (χ3v) is 2.09. The highest BCUT2D eigenvalue weighted by Crippen LogP contribution is 2.02. The molecule has 0 fully saturated rings. The normalized spacial score (nSPS) is 15.3. The van der Waals surface area contributed by atoms with E-state index >= 15 is 0 Å². The van der Waals surface area contributed by atoms with E-state index in [9.17, 15) is 0 Å². The molecule has 3 heteroatoms. The van der Waals surface area contributed by atoms with Crippen LogP contribution in [-0.4, -0.2) is 23.9 Å². The van der Waals surface area contributed by atoms with E-state index in [-0.39, 0.29) is 0 Å². The Morgan fingerprint density at radius 1 is 1.46 bits per heavy atom. The van der Waals surface area contributed by atoms with Gasteiger partial charge in [0, 0.05) is 24.9 Å². The van der Waals surface area contributed by atoms with Crippen LogP contribution in [0.2, 0.25) is 0 Å². The summed E-state index contributed by atoms with van der Waals surface area (Å²) >= 11 is 0. The van der Waals surface area contributed by atoms with Gasteiger partial charge in [-0.25, -0.2) is 0 Å². The van der Waals surface area contributed by atoms with Gasteiger partial charge in [-0.15, -0.1) is 0 Å². The van der Waals surface area contributed by atoms with Gasteiger partial charge in [-0.1, -0.05) is 6.07 Å². The van der Waals surface area contributed by atoms with Crippen LogP contribution in [-0.2, 0) is 6.42 Å². The third kappa shape index (κ3) is 2.05. The van der Waals surface area contributed by atoms with Gasteiger partial charge in [0.25, 0.3) is 0 Å². The van der Waals surface area contributed by atoms with E-state index < -0.39 is 0 Å². The van der Waals surface area contributed by atoms with E-state index in [0.717, 1.165) is 31.0 Å². The summed E-state index contributed by atoms with van der Waals surface area (Å²) in [6, 6.07) is 4.13. The van der Waals surface area contributed by atoms with Gasteiger partial charge in [0.05, 0.1) is 6.54 Å². The van der Waals surface area contributed by atoms with E-state index in [4.69, 9.17) is 0 Å². The van der Waals surface area contributed by atoms with Crippen LogP contribution in [0.1, 0.15) is 11.3 Å². The van der Waals surface area contributed by atoms with Crippen LogP contribution in [0, 0.1) is 6.92 Å². The maximum atomic E-state index is 4.33. The van der Waals surface area contributed by atoms with E-state index in [1.54, 1.807) is 0 Å². The van der Waals surface area contributed by atoms with E-state index in [2.05, 4.69) is 21.4 Å². The van der Waals surface area contributed by atoms with Crippen LogP contribution < -0.4 is 5.32 Å². The monoisotopic (exact) mass is 175 g/mol. The van der Waals surface area contributed by atoms with E-state index in [1.807, 2.05) is 19.2 Å². The highest BCUT2D eigenvalue weighted by atomic mass is 15.1. The smallest absolute Gasteiger partial charge is 0.101 e. The second-order valence-electron chi connectivity index (χ2n) is 3.24. The number of hydrogen-bond acceptors (Lipinski definition) is 3. The van der Waals surface area contributed by atoms with Crippen molar-refractivity contribution in [2.45, 2.75) is 13.3 Å². The summed E-state index contributed by atoms with van der Waals surface area (Å²) in [4.78, 5) is 8.57. The first-order valence-corrected chi connectivity index (χ1v) is 4.53. The number of rotatable bonds is 2. The number of aryl methyl sites for hydroxylation is 1. The fourth-order valence-electron chi connectivity index (χ4n) is 1.36. The summed E-state index contributed by atoms with van der Waals surface area (Å²) < 4.78 is 0. The van der Waals surface area contributed by atoms with Gasteiger partial charge in [-0.2, -0.15) is 0 Å². The molecule has 0 atom stereocenters. The van der Waals surface area contributed by atoms with E-state index in [0.29, 0.717) is 0 Å². The van der Waals surface area contributed by atoms with Crippen molar-refractivity contribution in [3.8, 4) is 0 Å². The molecule has 0 unspecified atom stereocenters. The molecule has 0 bridgehead atoms. The number of nitrogens with zero attached hydrogens (tertiary/aromatic N) is 2. The summed E-state index contributed by atoms with van der Waals surface area (Å²) in [5.41, 5.74) is 2.28. The van der Waals surface area contributed by atoms with Gasteiger partial charge < -0.3 is 5.32 Å². The molecular weight excluding hydrogens is 162 g/mol. The van der Waals surface area contributed by atoms with Crippen molar-refractivity contribution in [3.63, 3.8) is 0 Å². The Morgan fingerprint density at radius 2 is 2.38 bits per heavy atom. The topological polar surface area (TPSA) is 37.3 Å². The molecular formula is C10H13N3. The minimum atomic E-state index is 0.882. The fraction of sp³-hybridized carbons (Fsp3) is 0.400. The van der Waals surface area contributed by atoms with Crippen LogP contribution in [0.5, 0.6) is 0 Å². The summed E-state index contributed by atoms with van der Waals surface area (Å²) in [5, 5.41) is 3.24. The molecule has 13 heavy (non-hydrogen) atoms. The molecule has 0 aromatic carbocycles. The number of nitrogens with one attached hydrogen (secondary N) is 1. The average molecular weight is 175 g/mol. The third-order valence-electron chi connectivity index (χ3n) is 2.09. The quantitative estimate of drug-likeness (QED) is 0.726. The van der Waals surface area contributed by atoms with Crippen molar-refractivity contribution >= 4 is 5.84 Å². The zero-order valence-electron chi connectivity index (χ0n) is 7.75. The molecule has 1 N–H and O–H groups in total. The summed E-state index contributed by atoms with van der Waals surface area (Å²) in [7, 11) is 0. The van der Waals surface area contributed by atoms with Gasteiger partial charge in [0.2, 0.25) is 0 Å². The molecule has 0 aliphatic carbocycles. The van der Waals surface area contributed by atoms with Crippen molar-refractivity contribution in [1.29, 1.82) is 0 Å². The first-order chi connectivity index (χ1) is 6.34. The summed E-state index contributed by atoms with van der Waals surface area (Å²) in [6.07, 6.45) is 2.80. The van der Waals surface area contributed by atoms with E-state index in [1.165, 1.54) is 5.56 Å². The lowest BCUT2D eigenvalue weighted by Gasteiger charge is -2.01. The van der Waals surface area contributed by atoms with Crippen molar-refractivity contribution in [1.82, 2.24) is 10.3 Å². The summed E-state index contributed by atoms with van der Waals surface area (Å²) in [6.45, 7) is 3.89. The zero-order chi connectivity index (χ0) is 9.10. The van der Waals surface area contributed by atoms with Gasteiger partial charge in [0.15, 0.2) is 0 Å². The molecule has 0 saturated heterocycles. The predicted octanol–water partition coefficient (Wildman–Crippen LogP) is 0.934. The number of hydrogen-bond donors (Lipinski definition) is 1. The van der Waals surface area contributed by atoms with Crippen LogP contribution in [0.25, 0.3) is 0 Å². The maximum absolute atomic E-state index is 4.33. The van der Waals surface area contributed by atoms with Crippen molar-refractivity contribution in [2.75, 3.05) is 13.1 Å². The van der Waals surface area contributed by atoms with Crippen molar-refractivity contribution in [3.05, 3.63) is 29.6 Å². The molecule has 2 rings (SSSR count). The Morgan fingerprint density at radius 3 is 3.00 bits per heavy atom. The molecule has 0 amide bonds. The molecule has 1 aromatic rings. The van der Waals surface area contributed by atoms with Gasteiger partial charge in [-0.3, -0.25) is 9.98 Å². The Balaban J connectivity index is 2.05. The average Bonchev–Trinajstić information content (AvgIpc) is 2.62. The van der Waals surface area contributed by atoms with Crippen molar-refractivity contribution < 1.29 is 0 Å². The van der Waals surface area contributed by atoms with Gasteiger partial charge in [-0.05, 0) is 18.6 Å². The Labute approximate surface area is 77.9 Å². The predicted molar refractivity (Wildman–Crippen MR) is 53.0 cm³/mol. The number of aromatic nitrogens is 1. The van der Waals surface area contributed by atoms with Crippen molar-refractivity contribution in [2.24, 2.45) is 4.99 Å². The molecule has 0 spiro atoms. The number of aliphatic imine (C=N–C) groups is 1. The molecule has 1 aromatic heterocycles. The van der Waals surface area contributed by atoms with Crippen LogP contribution in [0.4, 0.5) is 0 Å². The lowest BCUT2D eigenvalue weighted by atomic mass is 10.2. The number of pyridine rings is 1.